The molecule has 1 heterocycles. The van der Waals surface area contributed by atoms with Crippen LogP contribution in [-0.4, -0.2) is 26.0 Å². The molecule has 26 heavy (non-hydrogen) atoms. The van der Waals surface area contributed by atoms with Crippen molar-refractivity contribution in [1.82, 2.24) is 4.72 Å². The molecule has 1 aliphatic rings. The second-order valence-corrected chi connectivity index (χ2v) is 9.80. The molecular weight excluding hydrogens is 394 g/mol. The van der Waals surface area contributed by atoms with Crippen LogP contribution in [0.2, 0.25) is 5.02 Å². The van der Waals surface area contributed by atoms with Gasteiger partial charge in [0.1, 0.15) is 0 Å². The molecule has 2 N–H and O–H groups in total. The van der Waals surface area contributed by atoms with E-state index in [0.29, 0.717) is 18.0 Å². The van der Waals surface area contributed by atoms with Gasteiger partial charge in [-0.1, -0.05) is 11.6 Å². The zero-order valence-corrected chi connectivity index (χ0v) is 16.5. The van der Waals surface area contributed by atoms with Gasteiger partial charge >= 0.3 is 5.97 Å². The Labute approximate surface area is 162 Å². The van der Waals surface area contributed by atoms with Gasteiger partial charge in [-0.2, -0.15) is 0 Å². The van der Waals surface area contributed by atoms with Crippen molar-refractivity contribution < 1.29 is 18.3 Å². The lowest BCUT2D eigenvalue weighted by molar-refractivity contribution is -0.136. The van der Waals surface area contributed by atoms with Crippen LogP contribution in [0.1, 0.15) is 40.5 Å². The maximum Gasteiger partial charge on any atom is 0.303 e. The fourth-order valence-electron chi connectivity index (χ4n) is 3.18. The number of rotatable bonds is 7. The third-order valence-corrected chi connectivity index (χ3v) is 7.48. The highest BCUT2D eigenvalue weighted by molar-refractivity contribution is 7.89. The Balaban J connectivity index is 1.70. The summed E-state index contributed by atoms with van der Waals surface area (Å²) < 4.78 is 27.6. The van der Waals surface area contributed by atoms with Crippen LogP contribution in [0, 0.1) is 0 Å². The van der Waals surface area contributed by atoms with Gasteiger partial charge in [-0.15, -0.1) is 11.3 Å². The first-order chi connectivity index (χ1) is 12.3. The largest absolute Gasteiger partial charge is 0.481 e. The van der Waals surface area contributed by atoms with Crippen molar-refractivity contribution in [3.8, 4) is 0 Å². The number of carbonyl (C=O) groups is 1. The van der Waals surface area contributed by atoms with Crippen LogP contribution in [0.5, 0.6) is 0 Å². The van der Waals surface area contributed by atoms with Crippen molar-refractivity contribution in [1.29, 1.82) is 0 Å². The van der Waals surface area contributed by atoms with Gasteiger partial charge in [0, 0.05) is 21.3 Å². The maximum atomic E-state index is 12.5. The van der Waals surface area contributed by atoms with Crippen LogP contribution < -0.4 is 4.72 Å². The van der Waals surface area contributed by atoms with Gasteiger partial charge in [-0.25, -0.2) is 13.1 Å². The smallest absolute Gasteiger partial charge is 0.303 e. The molecule has 0 spiro atoms. The first-order valence-electron chi connectivity index (χ1n) is 8.43. The minimum atomic E-state index is -3.58. The van der Waals surface area contributed by atoms with E-state index in [9.17, 15) is 13.2 Å². The molecule has 0 bridgehead atoms. The number of benzene rings is 1. The average Bonchev–Trinajstić information content (AvgIpc) is 3.02. The second kappa shape index (κ2) is 8.08. The predicted molar refractivity (Wildman–Crippen MR) is 103 cm³/mol. The molecule has 1 aromatic carbocycles. The van der Waals surface area contributed by atoms with Crippen LogP contribution in [-0.2, 0) is 27.7 Å². The highest BCUT2D eigenvalue weighted by atomic mass is 35.5. The normalized spacial score (nSPS) is 17.0. The standard InChI is InChI=1S/C18H20ClNO4S2/c19-13-4-7-15(8-5-13)26(23,24)20-11-12-2-1-3-17-16(12)10-14(25-17)6-9-18(21)22/h4-5,7-8,10,12,20H,1-3,6,9,11H2,(H,21,22). The summed E-state index contributed by atoms with van der Waals surface area (Å²) in [4.78, 5) is 13.3. The molecule has 5 nitrogen and oxygen atoms in total. The van der Waals surface area contributed by atoms with E-state index in [4.69, 9.17) is 16.7 Å². The number of hydrogen-bond acceptors (Lipinski definition) is 4. The number of carboxylic acids is 1. The van der Waals surface area contributed by atoms with E-state index in [2.05, 4.69) is 10.8 Å². The third kappa shape index (κ3) is 4.65. The van der Waals surface area contributed by atoms with Gasteiger partial charge in [0.15, 0.2) is 0 Å². The van der Waals surface area contributed by atoms with Crippen LogP contribution in [0.15, 0.2) is 35.2 Å². The van der Waals surface area contributed by atoms with E-state index in [1.54, 1.807) is 23.5 Å². The minimum Gasteiger partial charge on any atom is -0.481 e. The van der Waals surface area contributed by atoms with Crippen LogP contribution in [0.25, 0.3) is 0 Å². The lowest BCUT2D eigenvalue weighted by Crippen LogP contribution is -2.29. The van der Waals surface area contributed by atoms with Gasteiger partial charge < -0.3 is 5.11 Å². The Bertz CT molecular complexity index is 890. The monoisotopic (exact) mass is 413 g/mol. The summed E-state index contributed by atoms with van der Waals surface area (Å²) in [6.45, 7) is 0.340. The number of thiophene rings is 1. The summed E-state index contributed by atoms with van der Waals surface area (Å²) in [5, 5.41) is 9.34. The van der Waals surface area contributed by atoms with Gasteiger partial charge in [0.25, 0.3) is 0 Å². The molecule has 0 saturated carbocycles. The summed E-state index contributed by atoms with van der Waals surface area (Å²) >= 11 is 7.47. The molecule has 8 heteroatoms. The zero-order chi connectivity index (χ0) is 18.7. The molecule has 2 aromatic rings. The Kier molecular flexibility index (Phi) is 6.02. The number of halogens is 1. The van der Waals surface area contributed by atoms with Gasteiger partial charge in [-0.05, 0) is 67.5 Å². The number of aryl methyl sites for hydroxylation is 2. The third-order valence-electron chi connectivity index (χ3n) is 4.52. The fourth-order valence-corrected chi connectivity index (χ4v) is 5.68. The number of carboxylic acid groups (broad SMARTS) is 1. The van der Waals surface area contributed by atoms with Crippen molar-refractivity contribution in [3.05, 3.63) is 50.7 Å². The summed E-state index contributed by atoms with van der Waals surface area (Å²) in [6.07, 6.45) is 3.56. The molecule has 1 aliphatic carbocycles. The topological polar surface area (TPSA) is 83.5 Å². The molecule has 0 fully saturated rings. The first-order valence-corrected chi connectivity index (χ1v) is 11.1. The number of aliphatic carboxylic acids is 1. The fraction of sp³-hybridized carbons (Fsp3) is 0.389. The molecule has 3 rings (SSSR count). The molecule has 140 valence electrons. The number of sulfonamides is 1. The van der Waals surface area contributed by atoms with Crippen molar-refractivity contribution in [2.75, 3.05) is 6.54 Å². The molecule has 0 aliphatic heterocycles. The van der Waals surface area contributed by atoms with Crippen LogP contribution >= 0.6 is 22.9 Å². The Hall–Kier alpha value is -1.41. The Morgan fingerprint density at radius 2 is 2.04 bits per heavy atom. The van der Waals surface area contributed by atoms with Crippen molar-refractivity contribution in [3.63, 3.8) is 0 Å². The minimum absolute atomic E-state index is 0.118. The van der Waals surface area contributed by atoms with Gasteiger partial charge in [0.05, 0.1) is 11.3 Å². The van der Waals surface area contributed by atoms with Gasteiger partial charge in [0.2, 0.25) is 10.0 Å². The average molecular weight is 414 g/mol. The van der Waals surface area contributed by atoms with Crippen LogP contribution in [0.4, 0.5) is 0 Å². The first kappa shape index (κ1) is 19.4. The SMILES string of the molecule is O=C(O)CCc1cc2c(s1)CCCC2CNS(=O)(=O)c1ccc(Cl)cc1. The Morgan fingerprint density at radius 1 is 1.31 bits per heavy atom. The highest BCUT2D eigenvalue weighted by Gasteiger charge is 2.25. The van der Waals surface area contributed by atoms with Crippen molar-refractivity contribution >= 4 is 38.9 Å². The molecule has 0 radical (unpaired) electrons. The summed E-state index contributed by atoms with van der Waals surface area (Å²) in [5.41, 5.74) is 1.17. The molecule has 1 aromatic heterocycles. The van der Waals surface area contributed by atoms with E-state index in [1.165, 1.54) is 22.6 Å². The van der Waals surface area contributed by atoms with E-state index >= 15 is 0 Å². The Morgan fingerprint density at radius 3 is 2.73 bits per heavy atom. The number of nitrogens with one attached hydrogen (secondary N) is 1. The molecule has 1 atom stereocenters. The van der Waals surface area contributed by atoms with E-state index in [0.717, 1.165) is 24.1 Å². The quantitative estimate of drug-likeness (QED) is 0.722. The zero-order valence-electron chi connectivity index (χ0n) is 14.1. The number of fused-ring (bicyclic) bond motifs is 1. The van der Waals surface area contributed by atoms with Gasteiger partial charge in [-0.3, -0.25) is 4.79 Å². The predicted octanol–water partition coefficient (Wildman–Crippen LogP) is 3.82. The highest BCUT2D eigenvalue weighted by Crippen LogP contribution is 2.37. The molecule has 1 unspecified atom stereocenters. The molecule has 0 saturated heterocycles. The second-order valence-electron chi connectivity index (χ2n) is 6.38. The van der Waals surface area contributed by atoms with Crippen LogP contribution in [0.3, 0.4) is 0 Å². The molecular formula is C18H20ClNO4S2. The summed E-state index contributed by atoms with van der Waals surface area (Å²) in [6, 6.07) is 8.16. The maximum absolute atomic E-state index is 12.5. The number of hydrogen-bond donors (Lipinski definition) is 2. The lowest BCUT2D eigenvalue weighted by Gasteiger charge is -2.22. The van der Waals surface area contributed by atoms with E-state index < -0.39 is 16.0 Å². The summed E-state index contributed by atoms with van der Waals surface area (Å²) in [7, 11) is -3.58. The molecule has 0 amide bonds. The summed E-state index contributed by atoms with van der Waals surface area (Å²) in [5.74, 6) is -0.681. The van der Waals surface area contributed by atoms with Crippen molar-refractivity contribution in [2.45, 2.75) is 42.9 Å². The van der Waals surface area contributed by atoms with Crippen molar-refractivity contribution in [2.24, 2.45) is 0 Å². The lowest BCUT2D eigenvalue weighted by atomic mass is 9.87. The van der Waals surface area contributed by atoms with E-state index in [1.807, 2.05) is 0 Å². The van der Waals surface area contributed by atoms with E-state index in [-0.39, 0.29) is 17.2 Å².